The molecule has 3 unspecified atom stereocenters. The zero-order chi connectivity index (χ0) is 10.7. The van der Waals surface area contributed by atoms with E-state index in [1.807, 2.05) is 0 Å². The normalized spacial score (nSPS) is 37.4. The van der Waals surface area contributed by atoms with Crippen LogP contribution >= 0.6 is 0 Å². The van der Waals surface area contributed by atoms with Crippen molar-refractivity contribution in [1.82, 2.24) is 10.6 Å². The van der Waals surface area contributed by atoms with Crippen LogP contribution in [0.5, 0.6) is 0 Å². The van der Waals surface area contributed by atoms with Gasteiger partial charge in [-0.15, -0.1) is 0 Å². The lowest BCUT2D eigenvalue weighted by Crippen LogP contribution is -2.46. The number of amides is 1. The van der Waals surface area contributed by atoms with E-state index in [1.165, 1.54) is 0 Å². The topological polar surface area (TPSA) is 67.2 Å². The van der Waals surface area contributed by atoms with Crippen LogP contribution in [0.4, 0.5) is 0 Å². The van der Waals surface area contributed by atoms with Gasteiger partial charge in [-0.2, -0.15) is 0 Å². The molecular weight excluding hydrogens is 190 g/mol. The largest absolute Gasteiger partial charge is 0.355 e. The highest BCUT2D eigenvalue weighted by atomic mass is 16.2. The van der Waals surface area contributed by atoms with Crippen molar-refractivity contribution < 1.29 is 4.79 Å². The maximum absolute atomic E-state index is 11.7. The molecule has 0 bridgehead atoms. The predicted octanol–water partition coefficient (Wildman–Crippen LogP) is 0.124. The second-order valence-electron chi connectivity index (χ2n) is 4.78. The van der Waals surface area contributed by atoms with Gasteiger partial charge in [-0.05, 0) is 38.5 Å². The fourth-order valence-corrected chi connectivity index (χ4v) is 2.55. The first-order valence-electron chi connectivity index (χ1n) is 6.05. The van der Waals surface area contributed by atoms with Crippen LogP contribution in [0.15, 0.2) is 0 Å². The molecule has 0 aromatic rings. The standard InChI is InChI=1S/C11H21N3O/c12-8-4-5-9(7-8)14-10-3-1-2-6-13-11(10)15/h8-10,14H,1-7,12H2,(H,13,15). The molecule has 86 valence electrons. The highest BCUT2D eigenvalue weighted by Crippen LogP contribution is 2.18. The van der Waals surface area contributed by atoms with Gasteiger partial charge in [0.05, 0.1) is 6.04 Å². The van der Waals surface area contributed by atoms with E-state index in [2.05, 4.69) is 10.6 Å². The Hall–Kier alpha value is -0.610. The summed E-state index contributed by atoms with van der Waals surface area (Å²) in [6.45, 7) is 0.835. The second-order valence-corrected chi connectivity index (χ2v) is 4.78. The summed E-state index contributed by atoms with van der Waals surface area (Å²) in [5.74, 6) is 0.174. The van der Waals surface area contributed by atoms with Gasteiger partial charge >= 0.3 is 0 Å². The minimum atomic E-state index is 0.0165. The van der Waals surface area contributed by atoms with Gasteiger partial charge in [0.2, 0.25) is 5.91 Å². The van der Waals surface area contributed by atoms with Crippen LogP contribution in [0.25, 0.3) is 0 Å². The fraction of sp³-hybridized carbons (Fsp3) is 0.909. The number of carbonyl (C=O) groups is 1. The number of hydrogen-bond donors (Lipinski definition) is 3. The van der Waals surface area contributed by atoms with Crippen LogP contribution in [-0.4, -0.2) is 30.6 Å². The van der Waals surface area contributed by atoms with Crippen molar-refractivity contribution in [3.63, 3.8) is 0 Å². The average molecular weight is 211 g/mol. The Morgan fingerprint density at radius 2 is 2.13 bits per heavy atom. The molecular formula is C11H21N3O. The van der Waals surface area contributed by atoms with Crippen molar-refractivity contribution in [2.45, 2.75) is 56.7 Å². The third kappa shape index (κ3) is 2.92. The first-order valence-corrected chi connectivity index (χ1v) is 6.05. The molecule has 2 aliphatic rings. The molecule has 0 spiro atoms. The Labute approximate surface area is 91.0 Å². The van der Waals surface area contributed by atoms with Crippen molar-refractivity contribution in [3.8, 4) is 0 Å². The van der Waals surface area contributed by atoms with Gasteiger partial charge in [-0.25, -0.2) is 0 Å². The first kappa shape index (κ1) is 10.9. The molecule has 4 N–H and O–H groups in total. The zero-order valence-corrected chi connectivity index (χ0v) is 9.17. The Kier molecular flexibility index (Phi) is 3.59. The molecule has 0 aromatic carbocycles. The van der Waals surface area contributed by atoms with Crippen molar-refractivity contribution in [2.75, 3.05) is 6.54 Å². The maximum Gasteiger partial charge on any atom is 0.237 e. The molecule has 0 radical (unpaired) electrons. The summed E-state index contributed by atoms with van der Waals surface area (Å²) in [5.41, 5.74) is 5.86. The van der Waals surface area contributed by atoms with Crippen LogP contribution in [0.2, 0.25) is 0 Å². The predicted molar refractivity (Wildman–Crippen MR) is 59.4 cm³/mol. The van der Waals surface area contributed by atoms with Crippen molar-refractivity contribution in [2.24, 2.45) is 5.73 Å². The minimum absolute atomic E-state index is 0.0165. The molecule has 3 atom stereocenters. The van der Waals surface area contributed by atoms with Gasteiger partial charge in [-0.1, -0.05) is 0 Å². The minimum Gasteiger partial charge on any atom is -0.355 e. The number of rotatable bonds is 2. The van der Waals surface area contributed by atoms with E-state index in [4.69, 9.17) is 5.73 Å². The van der Waals surface area contributed by atoms with Crippen LogP contribution in [0, 0.1) is 0 Å². The highest BCUT2D eigenvalue weighted by Gasteiger charge is 2.27. The third-order valence-corrected chi connectivity index (χ3v) is 3.45. The van der Waals surface area contributed by atoms with E-state index in [1.54, 1.807) is 0 Å². The molecule has 4 heteroatoms. The molecule has 2 fully saturated rings. The van der Waals surface area contributed by atoms with Gasteiger partial charge in [0.25, 0.3) is 0 Å². The van der Waals surface area contributed by atoms with Gasteiger partial charge in [0.15, 0.2) is 0 Å². The van der Waals surface area contributed by atoms with E-state index in [0.29, 0.717) is 12.1 Å². The lowest BCUT2D eigenvalue weighted by atomic mass is 10.1. The Bertz CT molecular complexity index is 232. The van der Waals surface area contributed by atoms with Gasteiger partial charge < -0.3 is 16.4 Å². The summed E-state index contributed by atoms with van der Waals surface area (Å²) in [7, 11) is 0. The summed E-state index contributed by atoms with van der Waals surface area (Å²) in [6, 6.07) is 0.799. The molecule has 15 heavy (non-hydrogen) atoms. The van der Waals surface area contributed by atoms with E-state index in [9.17, 15) is 4.79 Å². The monoisotopic (exact) mass is 211 g/mol. The van der Waals surface area contributed by atoms with Crippen molar-refractivity contribution in [3.05, 3.63) is 0 Å². The summed E-state index contributed by atoms with van der Waals surface area (Å²) >= 11 is 0. The van der Waals surface area contributed by atoms with E-state index < -0.39 is 0 Å². The van der Waals surface area contributed by atoms with Crippen LogP contribution in [-0.2, 0) is 4.79 Å². The molecule has 1 saturated heterocycles. The summed E-state index contributed by atoms with van der Waals surface area (Å²) in [6.07, 6.45) is 6.43. The lowest BCUT2D eigenvalue weighted by molar-refractivity contribution is -0.123. The molecule has 0 aromatic heterocycles. The lowest BCUT2D eigenvalue weighted by Gasteiger charge is -2.20. The number of nitrogens with two attached hydrogens (primary N) is 1. The molecule has 2 rings (SSSR count). The first-order chi connectivity index (χ1) is 7.25. The van der Waals surface area contributed by atoms with E-state index in [-0.39, 0.29) is 11.9 Å². The summed E-state index contributed by atoms with van der Waals surface area (Å²) in [4.78, 5) is 11.7. The Morgan fingerprint density at radius 3 is 2.87 bits per heavy atom. The molecule has 1 saturated carbocycles. The van der Waals surface area contributed by atoms with Crippen molar-refractivity contribution >= 4 is 5.91 Å². The Morgan fingerprint density at radius 1 is 1.27 bits per heavy atom. The van der Waals surface area contributed by atoms with Crippen LogP contribution < -0.4 is 16.4 Å². The highest BCUT2D eigenvalue weighted by molar-refractivity contribution is 5.81. The molecule has 1 amide bonds. The number of hydrogen-bond acceptors (Lipinski definition) is 3. The van der Waals surface area contributed by atoms with Gasteiger partial charge in [-0.3, -0.25) is 4.79 Å². The van der Waals surface area contributed by atoms with Gasteiger partial charge in [0, 0.05) is 18.6 Å². The van der Waals surface area contributed by atoms with Crippen LogP contribution in [0.1, 0.15) is 38.5 Å². The Balaban J connectivity index is 1.83. The smallest absolute Gasteiger partial charge is 0.237 e. The van der Waals surface area contributed by atoms with Gasteiger partial charge in [0.1, 0.15) is 0 Å². The quantitative estimate of drug-likeness (QED) is 0.608. The molecule has 1 aliphatic carbocycles. The molecule has 1 heterocycles. The maximum atomic E-state index is 11.7. The number of nitrogens with one attached hydrogen (secondary N) is 2. The van der Waals surface area contributed by atoms with Crippen molar-refractivity contribution in [1.29, 1.82) is 0 Å². The van der Waals surface area contributed by atoms with E-state index in [0.717, 1.165) is 45.1 Å². The van der Waals surface area contributed by atoms with E-state index >= 15 is 0 Å². The summed E-state index contributed by atoms with van der Waals surface area (Å²) in [5, 5.41) is 6.39. The third-order valence-electron chi connectivity index (χ3n) is 3.45. The molecule has 1 aliphatic heterocycles. The summed E-state index contributed by atoms with van der Waals surface area (Å²) < 4.78 is 0. The number of carbonyl (C=O) groups excluding carboxylic acids is 1. The fourth-order valence-electron chi connectivity index (χ4n) is 2.55. The second kappa shape index (κ2) is 4.94. The zero-order valence-electron chi connectivity index (χ0n) is 9.17. The molecule has 4 nitrogen and oxygen atoms in total. The SMILES string of the molecule is NC1CCC(NC2CCCCNC2=O)C1. The van der Waals surface area contributed by atoms with Crippen LogP contribution in [0.3, 0.4) is 0 Å². The average Bonchev–Trinajstić information content (AvgIpc) is 2.50.